The molecule has 0 radical (unpaired) electrons. The van der Waals surface area contributed by atoms with Gasteiger partial charge in [0.05, 0.1) is 5.69 Å². The van der Waals surface area contributed by atoms with Gasteiger partial charge in [0.25, 0.3) is 0 Å². The van der Waals surface area contributed by atoms with Crippen molar-refractivity contribution in [3.05, 3.63) is 53.6 Å². The summed E-state index contributed by atoms with van der Waals surface area (Å²) in [5, 5.41) is 7.63. The van der Waals surface area contributed by atoms with Crippen molar-refractivity contribution in [3.63, 3.8) is 0 Å². The molecule has 0 aliphatic rings. The van der Waals surface area contributed by atoms with E-state index >= 15 is 0 Å². The van der Waals surface area contributed by atoms with E-state index in [1.165, 1.54) is 12.1 Å². The molecule has 0 spiro atoms. The van der Waals surface area contributed by atoms with Gasteiger partial charge in [-0.05, 0) is 37.6 Å². The molecule has 2 atom stereocenters. The Bertz CT molecular complexity index is 504. The third-order valence-electron chi connectivity index (χ3n) is 3.17. The van der Waals surface area contributed by atoms with Crippen molar-refractivity contribution >= 4 is 0 Å². The Labute approximate surface area is 107 Å². The Morgan fingerprint density at radius 3 is 2.33 bits per heavy atom. The largest absolute Gasteiger partial charge is 0.302 e. The fourth-order valence-corrected chi connectivity index (χ4v) is 2.12. The van der Waals surface area contributed by atoms with E-state index in [4.69, 9.17) is 0 Å². The summed E-state index contributed by atoms with van der Waals surface area (Å²) < 4.78 is 14.7. The zero-order chi connectivity index (χ0) is 13.1. The molecule has 1 heterocycles. The number of hydrogen-bond acceptors (Lipinski definition) is 2. The van der Waals surface area contributed by atoms with Crippen molar-refractivity contribution in [2.24, 2.45) is 7.05 Å². The zero-order valence-electron chi connectivity index (χ0n) is 10.9. The van der Waals surface area contributed by atoms with Crippen molar-refractivity contribution < 1.29 is 4.39 Å². The fraction of sp³-hybridized carbons (Fsp3) is 0.357. The molecule has 0 aliphatic heterocycles. The molecule has 0 amide bonds. The zero-order valence-corrected chi connectivity index (χ0v) is 10.9. The number of hydrogen-bond donors (Lipinski definition) is 1. The summed E-state index contributed by atoms with van der Waals surface area (Å²) in [7, 11) is 1.93. The maximum absolute atomic E-state index is 12.9. The van der Waals surface area contributed by atoms with Crippen LogP contribution in [0.2, 0.25) is 0 Å². The second-order valence-electron chi connectivity index (χ2n) is 4.54. The van der Waals surface area contributed by atoms with Gasteiger partial charge in [-0.3, -0.25) is 4.68 Å². The third-order valence-corrected chi connectivity index (χ3v) is 3.17. The number of aryl methyl sites for hydroxylation is 1. The van der Waals surface area contributed by atoms with E-state index in [2.05, 4.69) is 24.3 Å². The van der Waals surface area contributed by atoms with E-state index in [9.17, 15) is 4.39 Å². The molecule has 1 unspecified atom stereocenters. The van der Waals surface area contributed by atoms with E-state index in [0.29, 0.717) is 0 Å². The molecule has 4 heteroatoms. The van der Waals surface area contributed by atoms with Gasteiger partial charge in [-0.15, -0.1) is 0 Å². The van der Waals surface area contributed by atoms with Crippen LogP contribution in [0, 0.1) is 5.82 Å². The lowest BCUT2D eigenvalue weighted by Gasteiger charge is -2.20. The summed E-state index contributed by atoms with van der Waals surface area (Å²) in [6.45, 7) is 4.16. The first-order chi connectivity index (χ1) is 8.58. The van der Waals surface area contributed by atoms with Gasteiger partial charge < -0.3 is 5.32 Å². The first-order valence-electron chi connectivity index (χ1n) is 6.07. The Morgan fingerprint density at radius 2 is 1.78 bits per heavy atom. The highest BCUT2D eigenvalue weighted by Crippen LogP contribution is 2.18. The molecule has 1 aromatic heterocycles. The van der Waals surface area contributed by atoms with Crippen LogP contribution in [0.5, 0.6) is 0 Å². The number of nitrogens with zero attached hydrogens (tertiary/aromatic N) is 2. The minimum atomic E-state index is -0.203. The van der Waals surface area contributed by atoms with E-state index in [1.54, 1.807) is 6.20 Å². The van der Waals surface area contributed by atoms with Crippen LogP contribution >= 0.6 is 0 Å². The number of benzene rings is 1. The lowest BCUT2D eigenvalue weighted by Crippen LogP contribution is -2.24. The molecule has 0 bridgehead atoms. The third kappa shape index (κ3) is 2.76. The van der Waals surface area contributed by atoms with Crippen LogP contribution in [0.1, 0.15) is 37.2 Å². The molecule has 0 saturated carbocycles. The highest BCUT2D eigenvalue weighted by molar-refractivity contribution is 5.20. The van der Waals surface area contributed by atoms with E-state index < -0.39 is 0 Å². The van der Waals surface area contributed by atoms with Gasteiger partial charge in [0.2, 0.25) is 0 Å². The van der Waals surface area contributed by atoms with Gasteiger partial charge in [-0.1, -0.05) is 12.1 Å². The van der Waals surface area contributed by atoms with Gasteiger partial charge in [0.15, 0.2) is 0 Å². The summed E-state index contributed by atoms with van der Waals surface area (Å²) in [4.78, 5) is 0. The maximum atomic E-state index is 12.9. The molecule has 96 valence electrons. The molecule has 2 aromatic rings. The van der Waals surface area contributed by atoms with Crippen molar-refractivity contribution in [2.75, 3.05) is 0 Å². The highest BCUT2D eigenvalue weighted by atomic mass is 19.1. The predicted octanol–water partition coefficient (Wildman–Crippen LogP) is 2.97. The van der Waals surface area contributed by atoms with Crippen molar-refractivity contribution in [3.8, 4) is 0 Å². The molecule has 1 N–H and O–H groups in total. The average Bonchev–Trinajstić information content (AvgIpc) is 2.76. The fourth-order valence-electron chi connectivity index (χ4n) is 2.12. The summed E-state index contributed by atoms with van der Waals surface area (Å²) in [6, 6.07) is 8.94. The molecule has 18 heavy (non-hydrogen) atoms. The summed E-state index contributed by atoms with van der Waals surface area (Å²) in [5.74, 6) is -0.203. The van der Waals surface area contributed by atoms with E-state index in [-0.39, 0.29) is 17.9 Å². The summed E-state index contributed by atoms with van der Waals surface area (Å²) in [6.07, 6.45) is 1.79. The predicted molar refractivity (Wildman–Crippen MR) is 69.6 cm³/mol. The molecule has 0 saturated heterocycles. The SMILES string of the molecule is CC(N[C@H](C)c1ccc(F)cc1)c1ccnn1C. The minimum Gasteiger partial charge on any atom is -0.302 e. The molecule has 0 fully saturated rings. The van der Waals surface area contributed by atoms with Crippen molar-refractivity contribution in [1.29, 1.82) is 0 Å². The van der Waals surface area contributed by atoms with Crippen LogP contribution < -0.4 is 5.32 Å². The van der Waals surface area contributed by atoms with Gasteiger partial charge in [0.1, 0.15) is 5.82 Å². The lowest BCUT2D eigenvalue weighted by atomic mass is 10.1. The highest BCUT2D eigenvalue weighted by Gasteiger charge is 2.13. The van der Waals surface area contributed by atoms with Crippen LogP contribution in [0.4, 0.5) is 4.39 Å². The Kier molecular flexibility index (Phi) is 3.77. The van der Waals surface area contributed by atoms with Gasteiger partial charge in [-0.2, -0.15) is 5.10 Å². The quantitative estimate of drug-likeness (QED) is 0.900. The smallest absolute Gasteiger partial charge is 0.123 e. The first kappa shape index (κ1) is 12.8. The topological polar surface area (TPSA) is 29.9 Å². The molecular formula is C14H18FN3. The van der Waals surface area contributed by atoms with Gasteiger partial charge in [-0.25, -0.2) is 4.39 Å². The molecule has 0 aliphatic carbocycles. The monoisotopic (exact) mass is 247 g/mol. The second kappa shape index (κ2) is 5.31. The van der Waals surface area contributed by atoms with Gasteiger partial charge in [0, 0.05) is 25.3 Å². The number of rotatable bonds is 4. The maximum Gasteiger partial charge on any atom is 0.123 e. The number of halogens is 1. The van der Waals surface area contributed by atoms with E-state index in [1.807, 2.05) is 29.9 Å². The average molecular weight is 247 g/mol. The molecule has 3 nitrogen and oxygen atoms in total. The van der Waals surface area contributed by atoms with Crippen LogP contribution in [0.3, 0.4) is 0 Å². The normalized spacial score (nSPS) is 14.4. The van der Waals surface area contributed by atoms with Crippen LogP contribution in [0.25, 0.3) is 0 Å². The van der Waals surface area contributed by atoms with Gasteiger partial charge >= 0.3 is 0 Å². The lowest BCUT2D eigenvalue weighted by molar-refractivity contribution is 0.469. The van der Waals surface area contributed by atoms with Crippen molar-refractivity contribution in [2.45, 2.75) is 25.9 Å². The van der Waals surface area contributed by atoms with Crippen LogP contribution in [-0.4, -0.2) is 9.78 Å². The molecule has 1 aromatic carbocycles. The van der Waals surface area contributed by atoms with Crippen molar-refractivity contribution in [1.82, 2.24) is 15.1 Å². The Balaban J connectivity index is 2.05. The Hall–Kier alpha value is -1.68. The first-order valence-corrected chi connectivity index (χ1v) is 6.07. The van der Waals surface area contributed by atoms with Crippen LogP contribution in [-0.2, 0) is 7.05 Å². The number of nitrogens with one attached hydrogen (secondary N) is 1. The summed E-state index contributed by atoms with van der Waals surface area (Å²) in [5.41, 5.74) is 2.20. The minimum absolute atomic E-state index is 0.162. The molecular weight excluding hydrogens is 229 g/mol. The molecule has 2 rings (SSSR count). The second-order valence-corrected chi connectivity index (χ2v) is 4.54. The number of aromatic nitrogens is 2. The van der Waals surface area contributed by atoms with Crippen LogP contribution in [0.15, 0.2) is 36.5 Å². The van der Waals surface area contributed by atoms with E-state index in [0.717, 1.165) is 11.3 Å². The summed E-state index contributed by atoms with van der Waals surface area (Å²) >= 11 is 0. The Morgan fingerprint density at radius 1 is 1.11 bits per heavy atom. The standard InChI is InChI=1S/C14H18FN3/c1-10(12-4-6-13(15)7-5-12)17-11(2)14-8-9-16-18(14)3/h4-11,17H,1-3H3/t10-,11?/m1/s1.